The molecule has 1 aromatic heterocycles. The molecule has 0 spiro atoms. The number of nitrogens with two attached hydrogens (primary N) is 1. The van der Waals surface area contributed by atoms with Crippen LogP contribution >= 0.6 is 11.3 Å². The molecule has 0 aliphatic carbocycles. The van der Waals surface area contributed by atoms with Crippen molar-refractivity contribution in [2.75, 3.05) is 6.54 Å². The minimum atomic E-state index is 0.0829. The molecular weight excluding hydrogens is 268 g/mol. The zero-order chi connectivity index (χ0) is 14.7. The van der Waals surface area contributed by atoms with E-state index >= 15 is 0 Å². The summed E-state index contributed by atoms with van der Waals surface area (Å²) in [5, 5.41) is 2.78. The van der Waals surface area contributed by atoms with E-state index < -0.39 is 0 Å². The van der Waals surface area contributed by atoms with E-state index in [4.69, 9.17) is 5.73 Å². The van der Waals surface area contributed by atoms with Gasteiger partial charge in [-0.25, -0.2) is 4.98 Å². The number of nitrogens with zero attached hydrogens (tertiary/aromatic N) is 1. The Bertz CT molecular complexity index is 608. The van der Waals surface area contributed by atoms with E-state index in [1.807, 2.05) is 5.38 Å². The number of rotatable bonds is 5. The van der Waals surface area contributed by atoms with E-state index in [0.29, 0.717) is 18.7 Å². The van der Waals surface area contributed by atoms with Crippen molar-refractivity contribution < 1.29 is 4.79 Å². The summed E-state index contributed by atoms with van der Waals surface area (Å²) in [6, 6.07) is 4.24. The second-order valence-corrected chi connectivity index (χ2v) is 6.09. The lowest BCUT2D eigenvalue weighted by Crippen LogP contribution is -2.08. The first-order valence-corrected chi connectivity index (χ1v) is 7.63. The zero-order valence-electron chi connectivity index (χ0n) is 12.2. The van der Waals surface area contributed by atoms with Crippen molar-refractivity contribution in [1.82, 2.24) is 4.98 Å². The first-order chi connectivity index (χ1) is 9.51. The summed E-state index contributed by atoms with van der Waals surface area (Å²) in [6.07, 6.45) is 1.16. The van der Waals surface area contributed by atoms with Crippen LogP contribution in [0.3, 0.4) is 0 Å². The number of hydrogen-bond acceptors (Lipinski definition) is 4. The Kier molecular flexibility index (Phi) is 4.68. The van der Waals surface area contributed by atoms with Crippen LogP contribution in [0.5, 0.6) is 0 Å². The SMILES string of the molecule is Cc1cc(C)c(CC(=O)c2csc(CCN)n2)c(C)c1. The van der Waals surface area contributed by atoms with Crippen LogP contribution in [-0.2, 0) is 12.8 Å². The highest BCUT2D eigenvalue weighted by Gasteiger charge is 2.14. The van der Waals surface area contributed by atoms with Gasteiger partial charge in [-0.3, -0.25) is 4.79 Å². The van der Waals surface area contributed by atoms with Crippen LogP contribution in [0.1, 0.15) is 37.7 Å². The average Bonchev–Trinajstić information content (AvgIpc) is 2.82. The molecule has 1 aromatic carbocycles. The number of carbonyl (C=O) groups excluding carboxylic acids is 1. The van der Waals surface area contributed by atoms with Gasteiger partial charge in [-0.05, 0) is 44.0 Å². The maximum atomic E-state index is 12.3. The number of ketones is 1. The maximum absolute atomic E-state index is 12.3. The highest BCUT2D eigenvalue weighted by atomic mass is 32.1. The van der Waals surface area contributed by atoms with Gasteiger partial charge in [-0.2, -0.15) is 0 Å². The standard InChI is InChI=1S/C16H20N2OS/c1-10-6-11(2)13(12(3)7-10)8-15(19)14-9-20-16(18-14)4-5-17/h6-7,9H,4-5,8,17H2,1-3H3. The van der Waals surface area contributed by atoms with E-state index in [2.05, 4.69) is 37.9 Å². The molecule has 0 fully saturated rings. The van der Waals surface area contributed by atoms with Gasteiger partial charge in [0.05, 0.1) is 5.01 Å². The topological polar surface area (TPSA) is 56.0 Å². The summed E-state index contributed by atoms with van der Waals surface area (Å²) in [4.78, 5) is 16.7. The molecule has 4 heteroatoms. The largest absolute Gasteiger partial charge is 0.330 e. The smallest absolute Gasteiger partial charge is 0.186 e. The van der Waals surface area contributed by atoms with Crippen LogP contribution in [0.2, 0.25) is 0 Å². The Labute approximate surface area is 123 Å². The molecule has 0 saturated heterocycles. The van der Waals surface area contributed by atoms with Gasteiger partial charge >= 0.3 is 0 Å². The maximum Gasteiger partial charge on any atom is 0.186 e. The van der Waals surface area contributed by atoms with Crippen molar-refractivity contribution in [3.8, 4) is 0 Å². The number of aromatic nitrogens is 1. The fraction of sp³-hybridized carbons (Fsp3) is 0.375. The minimum Gasteiger partial charge on any atom is -0.330 e. The van der Waals surface area contributed by atoms with E-state index in [1.54, 1.807) is 0 Å². The van der Waals surface area contributed by atoms with Gasteiger partial charge in [-0.1, -0.05) is 17.7 Å². The lowest BCUT2D eigenvalue weighted by molar-refractivity contribution is 0.0988. The van der Waals surface area contributed by atoms with Gasteiger partial charge < -0.3 is 5.73 Å². The van der Waals surface area contributed by atoms with E-state index in [0.717, 1.165) is 17.0 Å². The van der Waals surface area contributed by atoms with Crippen molar-refractivity contribution in [3.05, 3.63) is 50.5 Å². The number of aryl methyl sites for hydroxylation is 3. The molecule has 106 valence electrons. The second-order valence-electron chi connectivity index (χ2n) is 5.14. The zero-order valence-corrected chi connectivity index (χ0v) is 13.0. The van der Waals surface area contributed by atoms with Gasteiger partial charge in [0.2, 0.25) is 0 Å². The lowest BCUT2D eigenvalue weighted by atomic mass is 9.95. The molecule has 0 aliphatic heterocycles. The molecule has 0 unspecified atom stereocenters. The summed E-state index contributed by atoms with van der Waals surface area (Å²) in [5.74, 6) is 0.0829. The lowest BCUT2D eigenvalue weighted by Gasteiger charge is -2.10. The molecule has 2 aromatic rings. The van der Waals surface area contributed by atoms with Crippen molar-refractivity contribution in [1.29, 1.82) is 0 Å². The summed E-state index contributed by atoms with van der Waals surface area (Å²) >= 11 is 1.51. The predicted octanol–water partition coefficient (Wildman–Crippen LogP) is 2.99. The Hall–Kier alpha value is -1.52. The molecule has 0 bridgehead atoms. The molecule has 0 radical (unpaired) electrons. The molecule has 2 N–H and O–H groups in total. The average molecular weight is 288 g/mol. The highest BCUT2D eigenvalue weighted by molar-refractivity contribution is 7.09. The first-order valence-electron chi connectivity index (χ1n) is 6.75. The molecule has 20 heavy (non-hydrogen) atoms. The Balaban J connectivity index is 2.19. The Morgan fingerprint density at radius 2 is 1.90 bits per heavy atom. The van der Waals surface area contributed by atoms with Gasteiger partial charge in [0.15, 0.2) is 5.78 Å². The molecular formula is C16H20N2OS. The molecule has 0 saturated carbocycles. The first kappa shape index (κ1) is 14.9. The van der Waals surface area contributed by atoms with Gasteiger partial charge in [-0.15, -0.1) is 11.3 Å². The third kappa shape index (κ3) is 3.32. The van der Waals surface area contributed by atoms with Crippen LogP contribution in [-0.4, -0.2) is 17.3 Å². The summed E-state index contributed by atoms with van der Waals surface area (Å²) in [5.41, 5.74) is 10.8. The number of benzene rings is 1. The van der Waals surface area contributed by atoms with Crippen LogP contribution < -0.4 is 5.73 Å². The normalized spacial score (nSPS) is 10.8. The van der Waals surface area contributed by atoms with Crippen LogP contribution in [0, 0.1) is 20.8 Å². The monoisotopic (exact) mass is 288 g/mol. The number of hydrogen-bond donors (Lipinski definition) is 1. The molecule has 2 rings (SSSR count). The third-order valence-electron chi connectivity index (χ3n) is 3.37. The van der Waals surface area contributed by atoms with E-state index in [-0.39, 0.29) is 5.78 Å². The Morgan fingerprint density at radius 3 is 2.50 bits per heavy atom. The fourth-order valence-electron chi connectivity index (χ4n) is 2.42. The quantitative estimate of drug-likeness (QED) is 0.860. The van der Waals surface area contributed by atoms with Crippen molar-refractivity contribution in [3.63, 3.8) is 0 Å². The highest BCUT2D eigenvalue weighted by Crippen LogP contribution is 2.19. The van der Waals surface area contributed by atoms with E-state index in [9.17, 15) is 4.79 Å². The molecule has 0 atom stereocenters. The minimum absolute atomic E-state index is 0.0829. The number of Topliss-reactive ketones (excluding diaryl/α,β-unsaturated/α-hetero) is 1. The third-order valence-corrected chi connectivity index (χ3v) is 4.28. The Morgan fingerprint density at radius 1 is 1.25 bits per heavy atom. The van der Waals surface area contributed by atoms with Crippen molar-refractivity contribution in [2.24, 2.45) is 5.73 Å². The van der Waals surface area contributed by atoms with Crippen molar-refractivity contribution >= 4 is 17.1 Å². The van der Waals surface area contributed by atoms with Gasteiger partial charge in [0.1, 0.15) is 5.69 Å². The van der Waals surface area contributed by atoms with Crippen molar-refractivity contribution in [2.45, 2.75) is 33.6 Å². The summed E-state index contributed by atoms with van der Waals surface area (Å²) < 4.78 is 0. The number of carbonyl (C=O) groups is 1. The van der Waals surface area contributed by atoms with Crippen LogP contribution in [0.25, 0.3) is 0 Å². The van der Waals surface area contributed by atoms with E-state index in [1.165, 1.54) is 28.0 Å². The predicted molar refractivity (Wildman–Crippen MR) is 83.6 cm³/mol. The molecule has 0 aliphatic rings. The van der Waals surface area contributed by atoms with Gasteiger partial charge in [0, 0.05) is 18.2 Å². The second kappa shape index (κ2) is 6.29. The molecule has 0 amide bonds. The summed E-state index contributed by atoms with van der Waals surface area (Å²) in [6.45, 7) is 6.76. The fourth-order valence-corrected chi connectivity index (χ4v) is 3.24. The van der Waals surface area contributed by atoms with Gasteiger partial charge in [0.25, 0.3) is 0 Å². The van der Waals surface area contributed by atoms with Crippen LogP contribution in [0.15, 0.2) is 17.5 Å². The number of thiazole rings is 1. The van der Waals surface area contributed by atoms with Crippen LogP contribution in [0.4, 0.5) is 0 Å². The molecule has 3 nitrogen and oxygen atoms in total. The summed E-state index contributed by atoms with van der Waals surface area (Å²) in [7, 11) is 0. The molecule has 1 heterocycles.